The van der Waals surface area contributed by atoms with Gasteiger partial charge in [-0.1, -0.05) is 11.6 Å². The summed E-state index contributed by atoms with van der Waals surface area (Å²) in [6.45, 7) is 0. The summed E-state index contributed by atoms with van der Waals surface area (Å²) in [4.78, 5) is 43.5. The van der Waals surface area contributed by atoms with Gasteiger partial charge in [-0.05, 0) is 42.5 Å². The van der Waals surface area contributed by atoms with Gasteiger partial charge in [0.1, 0.15) is 10.0 Å². The standard InChI is InChI=1S/C18H13ClN6O7S3/c19-13-4-6-15(33-13)35(31,32)24-17(27)22-9-1-5-14(21-8-9)25-16(26)11-7-10(34(20,29)30)2-3-12(11)23-18(25)28/h1-8H,(H,23,28)(H2,20,29,30)(H2,22,24,27). The molecular formula is C18H13ClN6O7S3. The predicted octanol–water partition coefficient (Wildman–Crippen LogP) is 0.947. The van der Waals surface area contributed by atoms with Crippen molar-refractivity contribution in [2.24, 2.45) is 5.14 Å². The summed E-state index contributed by atoms with van der Waals surface area (Å²) < 4.78 is 50.1. The zero-order valence-electron chi connectivity index (χ0n) is 17.1. The van der Waals surface area contributed by atoms with Gasteiger partial charge in [0.25, 0.3) is 15.6 Å². The Kier molecular flexibility index (Phi) is 6.24. The highest BCUT2D eigenvalue weighted by molar-refractivity contribution is 7.92. The number of rotatable bonds is 5. The van der Waals surface area contributed by atoms with Crippen LogP contribution in [0.25, 0.3) is 16.7 Å². The fourth-order valence-electron chi connectivity index (χ4n) is 2.94. The first kappa shape index (κ1) is 24.6. The van der Waals surface area contributed by atoms with Crippen molar-refractivity contribution in [3.63, 3.8) is 0 Å². The number of amides is 2. The van der Waals surface area contributed by atoms with Crippen LogP contribution >= 0.6 is 22.9 Å². The Balaban J connectivity index is 1.61. The molecule has 3 heterocycles. The molecule has 0 aliphatic rings. The van der Waals surface area contributed by atoms with Crippen molar-refractivity contribution in [3.05, 3.63) is 73.8 Å². The average Bonchev–Trinajstić information content (AvgIpc) is 3.21. The summed E-state index contributed by atoms with van der Waals surface area (Å²) in [5, 5.41) is 7.24. The highest BCUT2D eigenvalue weighted by Gasteiger charge is 2.20. The van der Waals surface area contributed by atoms with Gasteiger partial charge in [0, 0.05) is 0 Å². The van der Waals surface area contributed by atoms with E-state index in [1.807, 2.05) is 4.72 Å². The maximum absolute atomic E-state index is 12.9. The number of hydrogen-bond donors (Lipinski definition) is 4. The number of carbonyl (C=O) groups excluding carboxylic acids is 1. The largest absolute Gasteiger partial charge is 0.334 e. The lowest BCUT2D eigenvalue weighted by Gasteiger charge is -2.09. The second kappa shape index (κ2) is 8.90. The molecule has 2 amide bonds. The number of H-pyrrole nitrogens is 1. The van der Waals surface area contributed by atoms with E-state index in [-0.39, 0.29) is 35.8 Å². The Labute approximate surface area is 205 Å². The molecule has 0 aliphatic carbocycles. The third-order valence-electron chi connectivity index (χ3n) is 4.47. The monoisotopic (exact) mass is 556 g/mol. The number of primary sulfonamides is 1. The van der Waals surface area contributed by atoms with Gasteiger partial charge in [0.2, 0.25) is 10.0 Å². The van der Waals surface area contributed by atoms with Crippen LogP contribution in [-0.4, -0.2) is 37.4 Å². The van der Waals surface area contributed by atoms with E-state index in [1.165, 1.54) is 30.3 Å². The van der Waals surface area contributed by atoms with E-state index in [2.05, 4.69) is 15.3 Å². The van der Waals surface area contributed by atoms with Gasteiger partial charge in [-0.25, -0.2) is 45.8 Å². The first-order valence-corrected chi connectivity index (χ1v) is 13.4. The number of pyridine rings is 1. The third kappa shape index (κ3) is 5.10. The molecule has 0 aliphatic heterocycles. The van der Waals surface area contributed by atoms with Gasteiger partial charge in [-0.3, -0.25) is 4.79 Å². The topological polar surface area (TPSA) is 203 Å². The third-order valence-corrected chi connectivity index (χ3v) is 8.44. The number of benzene rings is 1. The van der Waals surface area contributed by atoms with E-state index < -0.39 is 37.3 Å². The molecule has 0 unspecified atom stereocenters. The van der Waals surface area contributed by atoms with Crippen molar-refractivity contribution >= 4 is 65.6 Å². The summed E-state index contributed by atoms with van der Waals surface area (Å²) in [6.07, 6.45) is 1.08. The average molecular weight is 557 g/mol. The van der Waals surface area contributed by atoms with Gasteiger partial charge in [0.15, 0.2) is 0 Å². The predicted molar refractivity (Wildman–Crippen MR) is 128 cm³/mol. The lowest BCUT2D eigenvalue weighted by atomic mass is 10.2. The molecule has 1 aromatic carbocycles. The maximum atomic E-state index is 12.9. The zero-order valence-corrected chi connectivity index (χ0v) is 20.3. The van der Waals surface area contributed by atoms with Crippen LogP contribution in [0.15, 0.2) is 67.4 Å². The number of urea groups is 1. The Morgan fingerprint density at radius 2 is 1.83 bits per heavy atom. The Morgan fingerprint density at radius 3 is 2.43 bits per heavy atom. The van der Waals surface area contributed by atoms with Crippen LogP contribution in [0, 0.1) is 0 Å². The van der Waals surface area contributed by atoms with E-state index >= 15 is 0 Å². The summed E-state index contributed by atoms with van der Waals surface area (Å²) in [7, 11) is -8.24. The van der Waals surface area contributed by atoms with Crippen molar-refractivity contribution in [2.45, 2.75) is 9.10 Å². The number of nitrogens with two attached hydrogens (primary N) is 1. The van der Waals surface area contributed by atoms with Crippen LogP contribution < -0.4 is 26.4 Å². The van der Waals surface area contributed by atoms with Crippen molar-refractivity contribution < 1.29 is 21.6 Å². The molecule has 4 rings (SSSR count). The molecule has 0 atom stereocenters. The number of halogens is 1. The van der Waals surface area contributed by atoms with Gasteiger partial charge < -0.3 is 10.3 Å². The summed E-state index contributed by atoms with van der Waals surface area (Å²) in [5.74, 6) is -0.147. The molecule has 3 aromatic heterocycles. The van der Waals surface area contributed by atoms with Crippen LogP contribution in [0.1, 0.15) is 0 Å². The van der Waals surface area contributed by atoms with Crippen molar-refractivity contribution in [3.8, 4) is 5.82 Å². The second-order valence-electron chi connectivity index (χ2n) is 6.85. The van der Waals surface area contributed by atoms with Gasteiger partial charge in [-0.15, -0.1) is 11.3 Å². The molecule has 13 nitrogen and oxygen atoms in total. The van der Waals surface area contributed by atoms with E-state index in [1.54, 1.807) is 0 Å². The Bertz CT molecular complexity index is 1810. The van der Waals surface area contributed by atoms with Crippen LogP contribution in [0.5, 0.6) is 0 Å². The Hall–Kier alpha value is -3.57. The molecule has 0 saturated heterocycles. The SMILES string of the molecule is NS(=O)(=O)c1ccc2[nH]c(=O)n(-c3ccc(NC(=O)NS(=O)(=O)c4ccc(Cl)s4)cn3)c(=O)c2c1. The minimum atomic E-state index is -4.15. The van der Waals surface area contributed by atoms with Gasteiger partial charge in [-0.2, -0.15) is 0 Å². The van der Waals surface area contributed by atoms with Gasteiger partial charge >= 0.3 is 11.7 Å². The molecule has 0 saturated carbocycles. The van der Waals surface area contributed by atoms with E-state index in [9.17, 15) is 31.2 Å². The number of aromatic amines is 1. The van der Waals surface area contributed by atoms with Crippen molar-refractivity contribution in [2.75, 3.05) is 5.32 Å². The molecule has 0 fully saturated rings. The first-order chi connectivity index (χ1) is 16.3. The second-order valence-corrected chi connectivity index (χ2v) is 12.0. The number of sulfonamides is 2. The minimum Gasteiger partial charge on any atom is -0.306 e. The molecular weight excluding hydrogens is 544 g/mol. The smallest absolute Gasteiger partial charge is 0.306 e. The Morgan fingerprint density at radius 1 is 1.09 bits per heavy atom. The highest BCUT2D eigenvalue weighted by Crippen LogP contribution is 2.25. The van der Waals surface area contributed by atoms with Crippen LogP contribution in [0.2, 0.25) is 4.34 Å². The molecule has 0 radical (unpaired) electrons. The highest BCUT2D eigenvalue weighted by atomic mass is 35.5. The number of nitrogens with zero attached hydrogens (tertiary/aromatic N) is 2. The number of thiophene rings is 1. The molecule has 4 aromatic rings. The number of carbonyl (C=O) groups is 1. The van der Waals surface area contributed by atoms with Gasteiger partial charge in [0.05, 0.1) is 32.0 Å². The first-order valence-electron chi connectivity index (χ1n) is 9.23. The lowest BCUT2D eigenvalue weighted by Crippen LogP contribution is -2.35. The van der Waals surface area contributed by atoms with E-state index in [0.29, 0.717) is 4.57 Å². The quantitative estimate of drug-likeness (QED) is 0.278. The van der Waals surface area contributed by atoms with Crippen molar-refractivity contribution in [1.29, 1.82) is 0 Å². The zero-order chi connectivity index (χ0) is 25.5. The van der Waals surface area contributed by atoms with Crippen LogP contribution in [-0.2, 0) is 20.0 Å². The number of aromatic nitrogens is 3. The number of nitrogens with one attached hydrogen (secondary N) is 3. The van der Waals surface area contributed by atoms with E-state index in [4.69, 9.17) is 16.7 Å². The lowest BCUT2D eigenvalue weighted by molar-refractivity contribution is 0.256. The number of hydrogen-bond acceptors (Lipinski definition) is 9. The number of anilines is 1. The number of fused-ring (bicyclic) bond motifs is 1. The van der Waals surface area contributed by atoms with Crippen molar-refractivity contribution in [1.82, 2.24) is 19.3 Å². The summed E-state index contributed by atoms with van der Waals surface area (Å²) >= 11 is 6.48. The fraction of sp³-hybridized carbons (Fsp3) is 0. The van der Waals surface area contributed by atoms with E-state index in [0.717, 1.165) is 29.7 Å². The molecule has 182 valence electrons. The molecule has 0 spiro atoms. The molecule has 35 heavy (non-hydrogen) atoms. The molecule has 5 N–H and O–H groups in total. The fourth-order valence-corrected chi connectivity index (χ4v) is 5.87. The minimum absolute atomic E-state index is 0.0486. The molecule has 17 heteroatoms. The summed E-state index contributed by atoms with van der Waals surface area (Å²) in [5.41, 5.74) is -1.57. The normalized spacial score (nSPS) is 11.9. The van der Waals surface area contributed by atoms with Crippen LogP contribution in [0.3, 0.4) is 0 Å². The maximum Gasteiger partial charge on any atom is 0.334 e. The van der Waals surface area contributed by atoms with Crippen LogP contribution in [0.4, 0.5) is 10.5 Å². The molecule has 0 bridgehead atoms. The summed E-state index contributed by atoms with van der Waals surface area (Å²) in [6, 6.07) is 7.43.